The summed E-state index contributed by atoms with van der Waals surface area (Å²) in [6.07, 6.45) is 0.753. The van der Waals surface area contributed by atoms with Gasteiger partial charge in [0.1, 0.15) is 6.10 Å². The van der Waals surface area contributed by atoms with Crippen molar-refractivity contribution in [2.75, 3.05) is 6.61 Å². The van der Waals surface area contributed by atoms with Crippen molar-refractivity contribution in [2.45, 2.75) is 18.6 Å². The van der Waals surface area contributed by atoms with Crippen molar-refractivity contribution in [3.8, 4) is 0 Å². The van der Waals surface area contributed by atoms with Gasteiger partial charge in [0.15, 0.2) is 0 Å². The zero-order valence-corrected chi connectivity index (χ0v) is 9.49. The minimum absolute atomic E-state index is 0.0265. The molecule has 17 heavy (non-hydrogen) atoms. The molecule has 1 heterocycles. The topological polar surface area (TPSA) is 67.8 Å². The zero-order chi connectivity index (χ0) is 11.8. The number of aliphatic hydroxyl groups is 1. The number of nitrogens with zero attached hydrogens (tertiary/aromatic N) is 1. The first-order valence-corrected chi connectivity index (χ1v) is 5.97. The minimum Gasteiger partial charge on any atom is -0.396 e. The predicted molar refractivity (Wildman–Crippen MR) is 64.5 cm³/mol. The fourth-order valence-electron chi connectivity index (χ4n) is 2.89. The van der Waals surface area contributed by atoms with Crippen LogP contribution in [-0.2, 0) is 4.84 Å². The Labute approximate surface area is 100 Å². The van der Waals surface area contributed by atoms with Gasteiger partial charge in [0.05, 0.1) is 11.6 Å². The molecule has 90 valence electrons. The normalized spacial score (nSPS) is 35.3. The van der Waals surface area contributed by atoms with Crippen molar-refractivity contribution in [2.24, 2.45) is 22.7 Å². The van der Waals surface area contributed by atoms with Crippen LogP contribution in [0.25, 0.3) is 0 Å². The molecule has 0 spiro atoms. The van der Waals surface area contributed by atoms with Crippen LogP contribution in [0.3, 0.4) is 0 Å². The van der Waals surface area contributed by atoms with Crippen LogP contribution >= 0.6 is 0 Å². The smallest absolute Gasteiger partial charge is 0.142 e. The first-order valence-electron chi connectivity index (χ1n) is 5.97. The van der Waals surface area contributed by atoms with Gasteiger partial charge < -0.3 is 15.7 Å². The maximum atomic E-state index is 9.30. The largest absolute Gasteiger partial charge is 0.396 e. The summed E-state index contributed by atoms with van der Waals surface area (Å²) in [7, 11) is 0. The maximum Gasteiger partial charge on any atom is 0.142 e. The van der Waals surface area contributed by atoms with Gasteiger partial charge in [-0.2, -0.15) is 0 Å². The molecule has 0 aromatic heterocycles. The molecular formula is C13H16N2O2. The molecule has 4 heteroatoms. The van der Waals surface area contributed by atoms with E-state index in [1.54, 1.807) is 0 Å². The summed E-state index contributed by atoms with van der Waals surface area (Å²) < 4.78 is 0. The SMILES string of the molecule is N[C@@H]1C[C@H](CO)[C@@H]2ON=C(c3ccccc3)[C@@H]21. The third kappa shape index (κ3) is 1.64. The Hall–Kier alpha value is -1.39. The first kappa shape index (κ1) is 10.7. The maximum absolute atomic E-state index is 9.30. The monoisotopic (exact) mass is 232 g/mol. The molecule has 1 aliphatic carbocycles. The van der Waals surface area contributed by atoms with Crippen molar-refractivity contribution >= 4 is 5.71 Å². The molecule has 1 aromatic rings. The first-order chi connectivity index (χ1) is 8.31. The fraction of sp³-hybridized carbons (Fsp3) is 0.462. The van der Waals surface area contributed by atoms with E-state index in [-0.39, 0.29) is 30.6 Å². The van der Waals surface area contributed by atoms with Crippen molar-refractivity contribution in [3.63, 3.8) is 0 Å². The molecule has 1 aromatic carbocycles. The fourth-order valence-corrected chi connectivity index (χ4v) is 2.89. The molecule has 0 amide bonds. The molecule has 4 nitrogen and oxygen atoms in total. The number of aliphatic hydroxyl groups excluding tert-OH is 1. The predicted octanol–water partition coefficient (Wildman–Crippen LogP) is 0.745. The number of oxime groups is 1. The lowest BCUT2D eigenvalue weighted by molar-refractivity contribution is 0.0210. The van der Waals surface area contributed by atoms with E-state index in [2.05, 4.69) is 5.16 Å². The van der Waals surface area contributed by atoms with E-state index in [0.717, 1.165) is 17.7 Å². The molecule has 1 fully saturated rings. The summed E-state index contributed by atoms with van der Waals surface area (Å²) in [5.41, 5.74) is 8.14. The standard InChI is InChI=1S/C13H16N2O2/c14-10-6-9(7-16)13-11(10)12(15-17-13)8-4-2-1-3-5-8/h1-5,9-11,13,16H,6-7,14H2/t9-,10-,11+,13+/m1/s1. The van der Waals surface area contributed by atoms with Gasteiger partial charge in [-0.25, -0.2) is 0 Å². The quantitative estimate of drug-likeness (QED) is 0.790. The van der Waals surface area contributed by atoms with Gasteiger partial charge in [0.2, 0.25) is 0 Å². The van der Waals surface area contributed by atoms with Crippen LogP contribution in [0.5, 0.6) is 0 Å². The van der Waals surface area contributed by atoms with Gasteiger partial charge in [0.25, 0.3) is 0 Å². The third-order valence-corrected chi connectivity index (χ3v) is 3.75. The van der Waals surface area contributed by atoms with Crippen LogP contribution in [0.15, 0.2) is 35.5 Å². The molecule has 0 unspecified atom stereocenters. The lowest BCUT2D eigenvalue weighted by atomic mass is 9.91. The second kappa shape index (κ2) is 4.13. The van der Waals surface area contributed by atoms with E-state index >= 15 is 0 Å². The molecule has 1 aliphatic heterocycles. The average Bonchev–Trinajstić information content (AvgIpc) is 2.92. The summed E-state index contributed by atoms with van der Waals surface area (Å²) in [6, 6.07) is 10.00. The second-order valence-electron chi connectivity index (χ2n) is 4.78. The van der Waals surface area contributed by atoms with Gasteiger partial charge in [-0.3, -0.25) is 0 Å². The van der Waals surface area contributed by atoms with E-state index in [1.807, 2.05) is 30.3 Å². The van der Waals surface area contributed by atoms with Crippen molar-refractivity contribution < 1.29 is 9.94 Å². The van der Waals surface area contributed by atoms with Crippen molar-refractivity contribution in [1.29, 1.82) is 0 Å². The lowest BCUT2D eigenvalue weighted by Crippen LogP contribution is -2.34. The van der Waals surface area contributed by atoms with E-state index in [0.29, 0.717) is 0 Å². The number of hydrogen-bond acceptors (Lipinski definition) is 4. The zero-order valence-electron chi connectivity index (χ0n) is 9.49. The highest BCUT2D eigenvalue weighted by atomic mass is 16.6. The van der Waals surface area contributed by atoms with Crippen LogP contribution < -0.4 is 5.73 Å². The Morgan fingerprint density at radius 3 is 2.82 bits per heavy atom. The van der Waals surface area contributed by atoms with Crippen LogP contribution in [0, 0.1) is 11.8 Å². The summed E-state index contributed by atoms with van der Waals surface area (Å²) >= 11 is 0. The summed E-state index contributed by atoms with van der Waals surface area (Å²) in [6.45, 7) is 0.118. The van der Waals surface area contributed by atoms with E-state index in [9.17, 15) is 5.11 Å². The van der Waals surface area contributed by atoms with Crippen molar-refractivity contribution in [3.05, 3.63) is 35.9 Å². The van der Waals surface area contributed by atoms with Crippen LogP contribution in [0.2, 0.25) is 0 Å². The average molecular weight is 232 g/mol. The molecule has 0 bridgehead atoms. The second-order valence-corrected chi connectivity index (χ2v) is 4.78. The number of hydrogen-bond donors (Lipinski definition) is 2. The Bertz CT molecular complexity index is 432. The highest BCUT2D eigenvalue weighted by molar-refractivity contribution is 6.03. The van der Waals surface area contributed by atoms with E-state index in [1.165, 1.54) is 0 Å². The van der Waals surface area contributed by atoms with Crippen LogP contribution in [0.4, 0.5) is 0 Å². The molecule has 3 rings (SSSR count). The molecule has 2 aliphatic rings. The molecule has 3 N–H and O–H groups in total. The number of benzene rings is 1. The van der Waals surface area contributed by atoms with Crippen molar-refractivity contribution in [1.82, 2.24) is 0 Å². The van der Waals surface area contributed by atoms with E-state index in [4.69, 9.17) is 10.6 Å². The molecule has 4 atom stereocenters. The molecule has 0 radical (unpaired) electrons. The Kier molecular flexibility index (Phi) is 2.61. The molecular weight excluding hydrogens is 216 g/mol. The lowest BCUT2D eigenvalue weighted by Gasteiger charge is -2.15. The minimum atomic E-state index is -0.0507. The molecule has 1 saturated carbocycles. The highest BCUT2D eigenvalue weighted by Crippen LogP contribution is 2.39. The number of nitrogens with two attached hydrogens (primary N) is 1. The Morgan fingerprint density at radius 1 is 1.35 bits per heavy atom. The summed E-state index contributed by atoms with van der Waals surface area (Å²) in [5.74, 6) is 0.231. The van der Waals surface area contributed by atoms with Crippen LogP contribution in [0.1, 0.15) is 12.0 Å². The highest BCUT2D eigenvalue weighted by Gasteiger charge is 2.49. The van der Waals surface area contributed by atoms with Gasteiger partial charge in [-0.05, 0) is 12.0 Å². The van der Waals surface area contributed by atoms with Gasteiger partial charge in [-0.15, -0.1) is 0 Å². The van der Waals surface area contributed by atoms with E-state index < -0.39 is 0 Å². The number of rotatable bonds is 2. The summed E-state index contributed by atoms with van der Waals surface area (Å²) in [5, 5.41) is 13.5. The van der Waals surface area contributed by atoms with Gasteiger partial charge in [0, 0.05) is 18.6 Å². The van der Waals surface area contributed by atoms with Gasteiger partial charge >= 0.3 is 0 Å². The number of fused-ring (bicyclic) bond motifs is 1. The van der Waals surface area contributed by atoms with Crippen LogP contribution in [-0.4, -0.2) is 29.6 Å². The van der Waals surface area contributed by atoms with Gasteiger partial charge in [-0.1, -0.05) is 35.5 Å². The summed E-state index contributed by atoms with van der Waals surface area (Å²) in [4.78, 5) is 5.47. The third-order valence-electron chi connectivity index (χ3n) is 3.75. The Morgan fingerprint density at radius 2 is 2.12 bits per heavy atom. The molecule has 0 saturated heterocycles. The Balaban J connectivity index is 1.90.